The van der Waals surface area contributed by atoms with Gasteiger partial charge in [0.15, 0.2) is 5.71 Å². The summed E-state index contributed by atoms with van der Waals surface area (Å²) in [6, 6.07) is 32.4. The maximum absolute atomic E-state index is 13.3. The molecule has 4 rings (SSSR count). The normalized spacial score (nSPS) is 11.1. The Hall–Kier alpha value is -3.67. The fourth-order valence-electron chi connectivity index (χ4n) is 2.98. The fraction of sp³-hybridized carbons (Fsp3) is 0. The topological polar surface area (TPSA) is 55.7 Å². The van der Waals surface area contributed by atoms with Crippen molar-refractivity contribution in [3.8, 4) is 0 Å². The summed E-state index contributed by atoms with van der Waals surface area (Å²) in [5, 5.41) is 4.44. The Morgan fingerprint density at radius 3 is 1.82 bits per heavy atom. The van der Waals surface area contributed by atoms with E-state index in [1.54, 1.807) is 60.3 Å². The molecule has 0 saturated heterocycles. The number of carbonyl (C=O) groups is 2. The van der Waals surface area contributed by atoms with E-state index in [9.17, 15) is 9.59 Å². The third kappa shape index (κ3) is 5.98. The van der Waals surface area contributed by atoms with Gasteiger partial charge in [-0.05, 0) is 60.7 Å². The smallest absolute Gasteiger partial charge is 0.312 e. The molecule has 0 spiro atoms. The van der Waals surface area contributed by atoms with E-state index in [0.717, 1.165) is 9.79 Å². The van der Waals surface area contributed by atoms with E-state index in [-0.39, 0.29) is 17.1 Å². The van der Waals surface area contributed by atoms with Gasteiger partial charge in [-0.3, -0.25) is 4.79 Å². The second-order valence-corrected chi connectivity index (χ2v) is 8.54. The minimum Gasteiger partial charge on any atom is -0.312 e. The Morgan fingerprint density at radius 2 is 1.18 bits per heavy atom. The molecule has 0 bridgehead atoms. The van der Waals surface area contributed by atoms with E-state index in [4.69, 9.17) is 16.4 Å². The van der Waals surface area contributed by atoms with Crippen LogP contribution in [0.15, 0.2) is 124 Å². The van der Waals surface area contributed by atoms with Crippen molar-refractivity contribution in [3.05, 3.63) is 131 Å². The number of ketones is 1. The lowest BCUT2D eigenvalue weighted by atomic mass is 10.0. The summed E-state index contributed by atoms with van der Waals surface area (Å²) in [7, 11) is 0. The third-order valence-corrected chi connectivity index (χ3v) is 5.93. The molecule has 0 aromatic heterocycles. The molecule has 0 heterocycles. The lowest BCUT2D eigenvalue weighted by molar-refractivity contribution is 0.0516. The molecular weight excluding hydrogens is 454 g/mol. The zero-order valence-electron chi connectivity index (χ0n) is 17.4. The van der Waals surface area contributed by atoms with Crippen LogP contribution in [0, 0.1) is 0 Å². The number of hydrogen-bond acceptors (Lipinski definition) is 5. The third-order valence-electron chi connectivity index (χ3n) is 4.66. The standard InChI is InChI=1S/C27H18ClNO3S/c28-22-15-11-21(12-16-22)27(31)32-29-25(19-7-3-1-4-8-19)26(30)20-13-17-24(18-14-20)33-23-9-5-2-6-10-23/h1-18H/b29-25+. The zero-order valence-corrected chi connectivity index (χ0v) is 18.9. The van der Waals surface area contributed by atoms with Crippen molar-refractivity contribution in [1.82, 2.24) is 0 Å². The Labute approximate surface area is 200 Å². The van der Waals surface area contributed by atoms with Crippen LogP contribution >= 0.6 is 23.4 Å². The summed E-state index contributed by atoms with van der Waals surface area (Å²) < 4.78 is 0. The van der Waals surface area contributed by atoms with Gasteiger partial charge in [0.25, 0.3) is 0 Å². The van der Waals surface area contributed by atoms with Gasteiger partial charge in [-0.2, -0.15) is 0 Å². The largest absolute Gasteiger partial charge is 0.365 e. The van der Waals surface area contributed by atoms with Crippen LogP contribution in [0.4, 0.5) is 0 Å². The Kier molecular flexibility index (Phi) is 7.35. The first kappa shape index (κ1) is 22.5. The average Bonchev–Trinajstić information content (AvgIpc) is 2.86. The van der Waals surface area contributed by atoms with Gasteiger partial charge in [0.2, 0.25) is 5.78 Å². The van der Waals surface area contributed by atoms with Crippen molar-refractivity contribution in [3.63, 3.8) is 0 Å². The zero-order chi connectivity index (χ0) is 23.0. The lowest BCUT2D eigenvalue weighted by Gasteiger charge is -2.07. The summed E-state index contributed by atoms with van der Waals surface area (Å²) in [6.45, 7) is 0. The number of carbonyl (C=O) groups excluding carboxylic acids is 2. The highest BCUT2D eigenvalue weighted by Gasteiger charge is 2.19. The Bertz CT molecular complexity index is 1270. The summed E-state index contributed by atoms with van der Waals surface area (Å²) in [5.74, 6) is -1.02. The summed E-state index contributed by atoms with van der Waals surface area (Å²) >= 11 is 7.47. The maximum atomic E-state index is 13.3. The molecule has 6 heteroatoms. The predicted octanol–water partition coefficient (Wildman–Crippen LogP) is 6.94. The predicted molar refractivity (Wildman–Crippen MR) is 131 cm³/mol. The highest BCUT2D eigenvalue weighted by Crippen LogP contribution is 2.27. The van der Waals surface area contributed by atoms with Gasteiger partial charge in [-0.15, -0.1) is 0 Å². The number of halogens is 1. The van der Waals surface area contributed by atoms with Crippen LogP contribution in [-0.2, 0) is 4.84 Å². The van der Waals surface area contributed by atoms with E-state index < -0.39 is 5.97 Å². The fourth-order valence-corrected chi connectivity index (χ4v) is 3.95. The number of nitrogens with zero attached hydrogens (tertiary/aromatic N) is 1. The second kappa shape index (κ2) is 10.8. The van der Waals surface area contributed by atoms with Crippen LogP contribution < -0.4 is 0 Å². The van der Waals surface area contributed by atoms with Crippen molar-refractivity contribution in [2.45, 2.75) is 9.79 Å². The highest BCUT2D eigenvalue weighted by molar-refractivity contribution is 7.99. The average molecular weight is 472 g/mol. The molecule has 162 valence electrons. The molecule has 0 radical (unpaired) electrons. The van der Waals surface area contributed by atoms with Gasteiger partial charge < -0.3 is 4.84 Å². The molecule has 4 aromatic carbocycles. The van der Waals surface area contributed by atoms with E-state index in [0.29, 0.717) is 16.1 Å². The second-order valence-electron chi connectivity index (χ2n) is 6.96. The van der Waals surface area contributed by atoms with E-state index in [1.807, 2.05) is 48.5 Å². The minimum absolute atomic E-state index is 0.0429. The van der Waals surface area contributed by atoms with Gasteiger partial charge in [0.1, 0.15) is 0 Å². The van der Waals surface area contributed by atoms with E-state index in [1.165, 1.54) is 12.1 Å². The summed E-state index contributed by atoms with van der Waals surface area (Å²) in [6.07, 6.45) is 0. The Morgan fingerprint density at radius 1 is 0.636 bits per heavy atom. The first-order valence-corrected chi connectivity index (χ1v) is 11.3. The van der Waals surface area contributed by atoms with Crippen molar-refractivity contribution in [2.75, 3.05) is 0 Å². The SMILES string of the molecule is O=C(O/N=C(/C(=O)c1ccc(Sc2ccccc2)cc1)c1ccccc1)c1ccc(Cl)cc1. The molecule has 4 nitrogen and oxygen atoms in total. The molecular formula is C27H18ClNO3S. The molecule has 4 aromatic rings. The molecule has 0 fully saturated rings. The first-order chi connectivity index (χ1) is 16.1. The van der Waals surface area contributed by atoms with Crippen LogP contribution in [0.3, 0.4) is 0 Å². The first-order valence-electron chi connectivity index (χ1n) is 10.1. The molecule has 0 aliphatic carbocycles. The molecule has 0 aliphatic heterocycles. The number of rotatable bonds is 7. The number of Topliss-reactive ketones (excluding diaryl/α,β-unsaturated/α-hetero) is 1. The van der Waals surface area contributed by atoms with Crippen LogP contribution in [0.5, 0.6) is 0 Å². The number of oxime groups is 1. The molecule has 0 atom stereocenters. The molecule has 33 heavy (non-hydrogen) atoms. The van der Waals surface area contributed by atoms with Crippen LogP contribution in [0.2, 0.25) is 5.02 Å². The summed E-state index contributed by atoms with van der Waals surface area (Å²) in [5.41, 5.74) is 1.32. The minimum atomic E-state index is -0.678. The van der Waals surface area contributed by atoms with Crippen molar-refractivity contribution >= 4 is 40.8 Å². The lowest BCUT2D eigenvalue weighted by Crippen LogP contribution is -2.17. The van der Waals surface area contributed by atoms with Crippen molar-refractivity contribution < 1.29 is 14.4 Å². The molecule has 0 amide bonds. The number of hydrogen-bond donors (Lipinski definition) is 0. The molecule has 0 aliphatic rings. The van der Waals surface area contributed by atoms with Gasteiger partial charge in [0.05, 0.1) is 5.56 Å². The van der Waals surface area contributed by atoms with E-state index in [2.05, 4.69) is 5.16 Å². The van der Waals surface area contributed by atoms with Crippen molar-refractivity contribution in [2.24, 2.45) is 5.16 Å². The van der Waals surface area contributed by atoms with Crippen LogP contribution in [0.1, 0.15) is 26.3 Å². The highest BCUT2D eigenvalue weighted by atomic mass is 35.5. The van der Waals surface area contributed by atoms with Crippen molar-refractivity contribution in [1.29, 1.82) is 0 Å². The summed E-state index contributed by atoms with van der Waals surface area (Å²) in [4.78, 5) is 32.9. The quantitative estimate of drug-likeness (QED) is 0.127. The number of benzene rings is 4. The van der Waals surface area contributed by atoms with Gasteiger partial charge in [0, 0.05) is 25.9 Å². The van der Waals surface area contributed by atoms with Gasteiger partial charge >= 0.3 is 5.97 Å². The molecule has 0 unspecified atom stereocenters. The maximum Gasteiger partial charge on any atom is 0.365 e. The monoisotopic (exact) mass is 471 g/mol. The Balaban J connectivity index is 1.56. The van der Waals surface area contributed by atoms with Crippen LogP contribution in [0.25, 0.3) is 0 Å². The van der Waals surface area contributed by atoms with E-state index >= 15 is 0 Å². The molecule has 0 saturated carbocycles. The van der Waals surface area contributed by atoms with Crippen LogP contribution in [-0.4, -0.2) is 17.5 Å². The van der Waals surface area contributed by atoms with Gasteiger partial charge in [-0.1, -0.05) is 77.0 Å². The van der Waals surface area contributed by atoms with Gasteiger partial charge in [-0.25, -0.2) is 4.79 Å². The molecule has 0 N–H and O–H groups in total.